The van der Waals surface area contributed by atoms with Gasteiger partial charge in [-0.2, -0.15) is 5.10 Å². The molecule has 0 amide bonds. The number of rotatable bonds is 9. The van der Waals surface area contributed by atoms with Crippen LogP contribution in [-0.4, -0.2) is 57.7 Å². The van der Waals surface area contributed by atoms with E-state index in [9.17, 15) is 9.18 Å². The van der Waals surface area contributed by atoms with Crippen molar-refractivity contribution in [2.75, 3.05) is 32.6 Å². The van der Waals surface area contributed by atoms with Gasteiger partial charge in [-0.1, -0.05) is 6.92 Å². The summed E-state index contributed by atoms with van der Waals surface area (Å²) >= 11 is 0. The molecule has 0 radical (unpaired) electrons. The van der Waals surface area contributed by atoms with Gasteiger partial charge in [-0.25, -0.2) is 14.4 Å². The smallest absolute Gasteiger partial charge is 0.227 e. The Morgan fingerprint density at radius 3 is 2.70 bits per heavy atom. The number of aromatic nitrogens is 4. The number of carbonyl (C=O) groups is 1. The predicted molar refractivity (Wildman–Crippen MR) is 124 cm³/mol. The molecule has 0 spiro atoms. The second-order valence-corrected chi connectivity index (χ2v) is 8.38. The largest absolute Gasteiger partial charge is 0.494 e. The summed E-state index contributed by atoms with van der Waals surface area (Å²) in [5, 5.41) is 7.64. The van der Waals surface area contributed by atoms with Crippen LogP contribution in [0.1, 0.15) is 47.3 Å². The minimum atomic E-state index is -0.435. The Hall–Kier alpha value is -3.33. The van der Waals surface area contributed by atoms with Crippen LogP contribution < -0.4 is 10.1 Å². The fourth-order valence-electron chi connectivity index (χ4n) is 4.04. The second-order valence-electron chi connectivity index (χ2n) is 8.38. The topological polar surface area (TPSA) is 85.2 Å². The molecule has 0 bridgehead atoms. The summed E-state index contributed by atoms with van der Waals surface area (Å²) in [6.45, 7) is 3.85. The minimum absolute atomic E-state index is 0.0448. The highest BCUT2D eigenvalue weighted by atomic mass is 19.1. The Morgan fingerprint density at radius 1 is 1.24 bits per heavy atom. The maximum Gasteiger partial charge on any atom is 0.227 e. The number of benzene rings is 1. The van der Waals surface area contributed by atoms with Gasteiger partial charge in [-0.3, -0.25) is 9.48 Å². The number of anilines is 2. The number of hydrogen-bond acceptors (Lipinski definition) is 7. The molecule has 0 saturated carbocycles. The first-order chi connectivity index (χ1) is 16.0. The Bertz CT molecular complexity index is 1110. The molecule has 1 aliphatic rings. The van der Waals surface area contributed by atoms with Crippen LogP contribution in [0.15, 0.2) is 36.9 Å². The fourth-order valence-corrected chi connectivity index (χ4v) is 4.04. The summed E-state index contributed by atoms with van der Waals surface area (Å²) in [6, 6.07) is 3.46. The highest BCUT2D eigenvalue weighted by Crippen LogP contribution is 2.25. The summed E-state index contributed by atoms with van der Waals surface area (Å²) < 4.78 is 21.8. The molecule has 0 unspecified atom stereocenters. The normalized spacial score (nSPS) is 16.2. The minimum Gasteiger partial charge on any atom is -0.494 e. The average Bonchev–Trinajstić information content (AvgIpc) is 3.47. The van der Waals surface area contributed by atoms with Gasteiger partial charge in [0, 0.05) is 37.1 Å². The molecule has 33 heavy (non-hydrogen) atoms. The highest BCUT2D eigenvalue weighted by Gasteiger charge is 2.21. The van der Waals surface area contributed by atoms with E-state index in [0.717, 1.165) is 30.8 Å². The van der Waals surface area contributed by atoms with Crippen molar-refractivity contribution < 1.29 is 13.9 Å². The molecule has 1 atom stereocenters. The number of carbonyl (C=O) groups excluding carboxylic acids is 1. The van der Waals surface area contributed by atoms with E-state index in [0.29, 0.717) is 42.4 Å². The molecule has 1 fully saturated rings. The van der Waals surface area contributed by atoms with Gasteiger partial charge in [-0.05, 0) is 56.1 Å². The zero-order valence-corrected chi connectivity index (χ0v) is 19.2. The van der Waals surface area contributed by atoms with Crippen LogP contribution >= 0.6 is 0 Å². The number of ketones is 1. The molecule has 1 aromatic carbocycles. The van der Waals surface area contributed by atoms with Crippen molar-refractivity contribution in [3.05, 3.63) is 59.4 Å². The van der Waals surface area contributed by atoms with Crippen LogP contribution in [0.25, 0.3) is 0 Å². The van der Waals surface area contributed by atoms with Crippen LogP contribution in [0.2, 0.25) is 0 Å². The standard InChI is InChI=1S/C24H29FN6O2/c1-4-21(32)18-9-17(23(25)22(10-18)33-3)6-5-16-11-26-24(27-12-16)29-19-13-28-31(14-19)20-7-8-30(2)15-20/h9-14,20H,4-8,15H2,1-3H3,(H,26,27,29)/t20-/m0/s1. The van der Waals surface area contributed by atoms with Crippen molar-refractivity contribution in [3.8, 4) is 5.75 Å². The number of nitrogens with one attached hydrogen (secondary N) is 1. The van der Waals surface area contributed by atoms with Crippen molar-refractivity contribution in [2.45, 2.75) is 38.6 Å². The second kappa shape index (κ2) is 10.1. The first kappa shape index (κ1) is 22.8. The zero-order valence-electron chi connectivity index (χ0n) is 19.2. The number of methoxy groups -OCH3 is 1. The number of halogens is 1. The highest BCUT2D eigenvalue weighted by molar-refractivity contribution is 5.96. The Morgan fingerprint density at radius 2 is 2.03 bits per heavy atom. The Labute approximate surface area is 192 Å². The van der Waals surface area contributed by atoms with Gasteiger partial charge in [0.05, 0.1) is 25.0 Å². The molecule has 1 N–H and O–H groups in total. The first-order valence-electron chi connectivity index (χ1n) is 11.2. The lowest BCUT2D eigenvalue weighted by Crippen LogP contribution is -2.16. The van der Waals surface area contributed by atoms with Gasteiger partial charge >= 0.3 is 0 Å². The van der Waals surface area contributed by atoms with E-state index in [2.05, 4.69) is 32.3 Å². The van der Waals surface area contributed by atoms with Gasteiger partial charge in [-0.15, -0.1) is 0 Å². The van der Waals surface area contributed by atoms with E-state index in [1.165, 1.54) is 13.2 Å². The van der Waals surface area contributed by atoms with Crippen molar-refractivity contribution in [2.24, 2.45) is 0 Å². The van der Waals surface area contributed by atoms with Crippen molar-refractivity contribution in [1.29, 1.82) is 0 Å². The molecule has 3 heterocycles. The van der Waals surface area contributed by atoms with Crippen LogP contribution in [0.4, 0.5) is 16.0 Å². The number of likely N-dealkylation sites (tertiary alicyclic amines) is 1. The first-order valence-corrected chi connectivity index (χ1v) is 11.2. The van der Waals surface area contributed by atoms with Crippen LogP contribution in [-0.2, 0) is 12.8 Å². The molecule has 1 saturated heterocycles. The maximum atomic E-state index is 14.7. The van der Waals surface area contributed by atoms with Crippen molar-refractivity contribution in [3.63, 3.8) is 0 Å². The van der Waals surface area contributed by atoms with Gasteiger partial charge < -0.3 is 15.0 Å². The monoisotopic (exact) mass is 452 g/mol. The molecule has 3 aromatic rings. The van der Waals surface area contributed by atoms with Gasteiger partial charge in [0.25, 0.3) is 0 Å². The number of nitrogens with zero attached hydrogens (tertiary/aromatic N) is 5. The van der Waals surface area contributed by atoms with E-state index in [4.69, 9.17) is 4.74 Å². The maximum absolute atomic E-state index is 14.7. The predicted octanol–water partition coefficient (Wildman–Crippen LogP) is 3.82. The molecule has 0 aliphatic carbocycles. The third-order valence-corrected chi connectivity index (χ3v) is 5.96. The van der Waals surface area contributed by atoms with Gasteiger partial charge in [0.2, 0.25) is 5.95 Å². The van der Waals surface area contributed by atoms with E-state index in [1.54, 1.807) is 31.6 Å². The fraction of sp³-hybridized carbons (Fsp3) is 0.417. The third kappa shape index (κ3) is 5.36. The van der Waals surface area contributed by atoms with Gasteiger partial charge in [0.1, 0.15) is 0 Å². The van der Waals surface area contributed by atoms with Gasteiger partial charge in [0.15, 0.2) is 17.3 Å². The van der Waals surface area contributed by atoms with E-state index < -0.39 is 5.82 Å². The Kier molecular flexibility index (Phi) is 6.98. The molecule has 8 nitrogen and oxygen atoms in total. The number of aryl methyl sites for hydroxylation is 2. The summed E-state index contributed by atoms with van der Waals surface area (Å²) in [5.74, 6) is 0.0848. The summed E-state index contributed by atoms with van der Waals surface area (Å²) in [6.07, 6.45) is 9.59. The molecule has 1 aliphatic heterocycles. The van der Waals surface area contributed by atoms with Crippen LogP contribution in [0.5, 0.6) is 5.75 Å². The molecule has 9 heteroatoms. The van der Waals surface area contributed by atoms with Crippen LogP contribution in [0, 0.1) is 5.82 Å². The lowest BCUT2D eigenvalue weighted by Gasteiger charge is -2.11. The summed E-state index contributed by atoms with van der Waals surface area (Å²) in [4.78, 5) is 23.1. The summed E-state index contributed by atoms with van der Waals surface area (Å²) in [5.41, 5.74) is 2.62. The zero-order chi connectivity index (χ0) is 23.4. The van der Waals surface area contributed by atoms with Crippen LogP contribution in [0.3, 0.4) is 0 Å². The lowest BCUT2D eigenvalue weighted by atomic mass is 10.00. The third-order valence-electron chi connectivity index (χ3n) is 5.96. The lowest BCUT2D eigenvalue weighted by molar-refractivity contribution is 0.0987. The van der Waals surface area contributed by atoms with E-state index in [1.807, 2.05) is 10.9 Å². The molecule has 174 valence electrons. The Balaban J connectivity index is 1.38. The number of ether oxygens (including phenoxy) is 1. The molecule has 4 rings (SSSR count). The number of Topliss-reactive ketones (excluding diaryl/α,β-unsaturated/α-hetero) is 1. The van der Waals surface area contributed by atoms with E-state index >= 15 is 0 Å². The van der Waals surface area contributed by atoms with Crippen molar-refractivity contribution in [1.82, 2.24) is 24.6 Å². The molecular weight excluding hydrogens is 423 g/mol. The molecule has 2 aromatic heterocycles. The summed E-state index contributed by atoms with van der Waals surface area (Å²) in [7, 11) is 3.52. The SMILES string of the molecule is CCC(=O)c1cc(CCc2cnc(Nc3cnn([C@H]4CCN(C)C4)c3)nc2)c(F)c(OC)c1. The van der Waals surface area contributed by atoms with Crippen molar-refractivity contribution >= 4 is 17.4 Å². The molecular formula is C24H29FN6O2. The number of likely N-dealkylation sites (N-methyl/N-ethyl adjacent to an activating group) is 1. The van der Waals surface area contributed by atoms with E-state index in [-0.39, 0.29) is 11.5 Å². The quantitative estimate of drug-likeness (QED) is 0.494. The number of hydrogen-bond donors (Lipinski definition) is 1. The average molecular weight is 453 g/mol.